The van der Waals surface area contributed by atoms with Gasteiger partial charge in [-0.2, -0.15) is 0 Å². The first-order valence-corrected chi connectivity index (χ1v) is 12.9. The maximum atomic E-state index is 12.6. The fourth-order valence-electron chi connectivity index (χ4n) is 3.36. The summed E-state index contributed by atoms with van der Waals surface area (Å²) in [6.07, 6.45) is 2.04. The minimum atomic E-state index is -1.84. The van der Waals surface area contributed by atoms with Crippen molar-refractivity contribution in [1.82, 2.24) is 10.3 Å². The number of hydrogen-bond acceptors (Lipinski definition) is 5. The molecule has 0 saturated heterocycles. The van der Waals surface area contributed by atoms with Crippen LogP contribution in [0.15, 0.2) is 91.0 Å². The Hall–Kier alpha value is -3.03. The number of methoxy groups -OCH3 is 1. The Morgan fingerprint density at radius 3 is 2.19 bits per heavy atom. The summed E-state index contributed by atoms with van der Waals surface area (Å²) in [6, 6.07) is 27.0. The van der Waals surface area contributed by atoms with Gasteiger partial charge >= 0.3 is 0 Å². The molecule has 1 heterocycles. The monoisotopic (exact) mass is 557 g/mol. The number of halogens is 3. The van der Waals surface area contributed by atoms with Crippen LogP contribution < -0.4 is 15.4 Å². The number of alkyl halides is 3. The minimum Gasteiger partial charge on any atom is -0.497 e. The van der Waals surface area contributed by atoms with Gasteiger partial charge in [0, 0.05) is 11.6 Å². The van der Waals surface area contributed by atoms with Gasteiger partial charge in [0.2, 0.25) is 9.70 Å². The van der Waals surface area contributed by atoms with E-state index in [9.17, 15) is 4.79 Å². The van der Waals surface area contributed by atoms with Gasteiger partial charge in [0.1, 0.15) is 11.9 Å². The summed E-state index contributed by atoms with van der Waals surface area (Å²) in [4.78, 5) is 18.3. The summed E-state index contributed by atoms with van der Waals surface area (Å²) in [6.45, 7) is 0. The van der Waals surface area contributed by atoms with Crippen molar-refractivity contribution in [2.75, 3.05) is 12.4 Å². The SMILES string of the molecule is COc1ccc(-c2nc(NC(NC(=O)C=Cc3ccccc3)C(Cl)(Cl)Cl)sc2-c2ccccc2)cc1. The third kappa shape index (κ3) is 6.80. The van der Waals surface area contributed by atoms with E-state index in [0.717, 1.165) is 33.0 Å². The minimum absolute atomic E-state index is 0.419. The number of hydrogen-bond donors (Lipinski definition) is 2. The van der Waals surface area contributed by atoms with E-state index in [2.05, 4.69) is 10.6 Å². The standard InChI is InChI=1S/C27H22Cl3N3O2S/c1-35-21-15-13-19(14-16-21)23-24(20-10-6-3-7-11-20)36-26(32-23)33-25(27(28,29)30)31-22(34)17-12-18-8-4-2-5-9-18/h2-17,25H,1H3,(H,31,34)(H,32,33). The quantitative estimate of drug-likeness (QED) is 0.134. The molecule has 184 valence electrons. The average molecular weight is 559 g/mol. The highest BCUT2D eigenvalue weighted by atomic mass is 35.6. The first-order chi connectivity index (χ1) is 17.3. The highest BCUT2D eigenvalue weighted by Crippen LogP contribution is 2.40. The second kappa shape index (κ2) is 11.8. The van der Waals surface area contributed by atoms with Gasteiger partial charge in [-0.05, 0) is 41.5 Å². The van der Waals surface area contributed by atoms with Crippen molar-refractivity contribution >= 4 is 63.3 Å². The number of thiazole rings is 1. The average Bonchev–Trinajstić information content (AvgIpc) is 3.32. The zero-order valence-electron chi connectivity index (χ0n) is 19.1. The molecule has 4 rings (SSSR count). The zero-order valence-corrected chi connectivity index (χ0v) is 22.2. The smallest absolute Gasteiger partial charge is 0.245 e. The summed E-state index contributed by atoms with van der Waals surface area (Å²) in [5, 5.41) is 6.30. The number of aromatic nitrogens is 1. The summed E-state index contributed by atoms with van der Waals surface area (Å²) in [7, 11) is 1.62. The summed E-state index contributed by atoms with van der Waals surface area (Å²) in [5.74, 6) is 0.328. The fraction of sp³-hybridized carbons (Fsp3) is 0.111. The van der Waals surface area contributed by atoms with Crippen LogP contribution >= 0.6 is 46.1 Å². The van der Waals surface area contributed by atoms with Gasteiger partial charge in [0.15, 0.2) is 5.13 Å². The lowest BCUT2D eigenvalue weighted by atomic mass is 10.1. The lowest BCUT2D eigenvalue weighted by molar-refractivity contribution is -0.116. The molecule has 0 bridgehead atoms. The number of nitrogens with zero attached hydrogens (tertiary/aromatic N) is 1. The van der Waals surface area contributed by atoms with E-state index >= 15 is 0 Å². The molecule has 1 amide bonds. The van der Waals surface area contributed by atoms with E-state index < -0.39 is 15.9 Å². The van der Waals surface area contributed by atoms with Crippen LogP contribution in [-0.4, -0.2) is 28.0 Å². The van der Waals surface area contributed by atoms with Crippen LogP contribution in [0.4, 0.5) is 5.13 Å². The van der Waals surface area contributed by atoms with Crippen LogP contribution in [-0.2, 0) is 4.79 Å². The number of anilines is 1. The van der Waals surface area contributed by atoms with Gasteiger partial charge in [-0.15, -0.1) is 0 Å². The maximum Gasteiger partial charge on any atom is 0.245 e. The van der Waals surface area contributed by atoms with E-state index in [1.165, 1.54) is 17.4 Å². The van der Waals surface area contributed by atoms with Crippen molar-refractivity contribution in [1.29, 1.82) is 0 Å². The topological polar surface area (TPSA) is 63.2 Å². The van der Waals surface area contributed by atoms with E-state index in [1.54, 1.807) is 13.2 Å². The second-order valence-corrected chi connectivity index (χ2v) is 11.0. The second-order valence-electron chi connectivity index (χ2n) is 7.66. The normalized spacial score (nSPS) is 12.3. The molecule has 0 spiro atoms. The van der Waals surface area contributed by atoms with Gasteiger partial charge < -0.3 is 15.4 Å². The summed E-state index contributed by atoms with van der Waals surface area (Å²) >= 11 is 20.1. The van der Waals surface area contributed by atoms with Crippen LogP contribution in [0.25, 0.3) is 27.8 Å². The van der Waals surface area contributed by atoms with Crippen molar-refractivity contribution in [2.24, 2.45) is 0 Å². The molecule has 36 heavy (non-hydrogen) atoms. The molecule has 5 nitrogen and oxygen atoms in total. The predicted octanol–water partition coefficient (Wildman–Crippen LogP) is 7.42. The van der Waals surface area contributed by atoms with E-state index in [-0.39, 0.29) is 0 Å². The Morgan fingerprint density at radius 1 is 0.944 bits per heavy atom. The number of nitrogens with one attached hydrogen (secondary N) is 2. The van der Waals surface area contributed by atoms with Gasteiger partial charge in [-0.1, -0.05) is 107 Å². The highest BCUT2D eigenvalue weighted by Gasteiger charge is 2.34. The molecular weight excluding hydrogens is 537 g/mol. The van der Waals surface area contributed by atoms with Crippen molar-refractivity contribution < 1.29 is 9.53 Å². The Kier molecular flexibility index (Phi) is 8.54. The number of rotatable bonds is 8. The van der Waals surface area contributed by atoms with E-state index in [0.29, 0.717) is 5.13 Å². The van der Waals surface area contributed by atoms with Crippen LogP contribution in [0.5, 0.6) is 5.75 Å². The van der Waals surface area contributed by atoms with E-state index in [4.69, 9.17) is 44.5 Å². The molecule has 0 aliphatic rings. The molecule has 2 N–H and O–H groups in total. The number of ether oxygens (including phenoxy) is 1. The van der Waals surface area contributed by atoms with Crippen LogP contribution in [0.1, 0.15) is 5.56 Å². The molecule has 1 atom stereocenters. The Morgan fingerprint density at radius 2 is 1.58 bits per heavy atom. The van der Waals surface area contributed by atoms with Crippen LogP contribution in [0.2, 0.25) is 0 Å². The lowest BCUT2D eigenvalue weighted by Crippen LogP contribution is -2.48. The van der Waals surface area contributed by atoms with Gasteiger partial charge in [-0.25, -0.2) is 4.98 Å². The number of benzene rings is 3. The summed E-state index contributed by atoms with van der Waals surface area (Å²) < 4.78 is 3.44. The van der Waals surface area contributed by atoms with Crippen molar-refractivity contribution in [3.63, 3.8) is 0 Å². The molecule has 1 unspecified atom stereocenters. The van der Waals surface area contributed by atoms with Gasteiger partial charge in [-0.3, -0.25) is 4.79 Å². The predicted molar refractivity (Wildman–Crippen MR) is 151 cm³/mol. The van der Waals surface area contributed by atoms with Crippen LogP contribution in [0.3, 0.4) is 0 Å². The molecule has 3 aromatic carbocycles. The number of amides is 1. The third-order valence-corrected chi connectivity index (χ3v) is 6.83. The molecule has 0 aliphatic heterocycles. The molecule has 4 aromatic rings. The third-order valence-electron chi connectivity index (χ3n) is 5.14. The van der Waals surface area contributed by atoms with Gasteiger partial charge in [0.25, 0.3) is 0 Å². The summed E-state index contributed by atoms with van der Waals surface area (Å²) in [5.41, 5.74) is 3.53. The molecule has 0 fully saturated rings. The first-order valence-electron chi connectivity index (χ1n) is 10.9. The molecular formula is C27H22Cl3N3O2S. The molecule has 0 saturated carbocycles. The van der Waals surface area contributed by atoms with Crippen molar-refractivity contribution in [3.05, 3.63) is 96.6 Å². The Balaban J connectivity index is 1.61. The fourth-order valence-corrected chi connectivity index (χ4v) is 4.71. The molecule has 0 radical (unpaired) electrons. The van der Waals surface area contributed by atoms with Crippen molar-refractivity contribution in [2.45, 2.75) is 9.96 Å². The lowest BCUT2D eigenvalue weighted by Gasteiger charge is -2.25. The zero-order chi connectivity index (χ0) is 25.5. The molecule has 1 aromatic heterocycles. The van der Waals surface area contributed by atoms with Crippen LogP contribution in [0, 0.1) is 0 Å². The van der Waals surface area contributed by atoms with Gasteiger partial charge in [0.05, 0.1) is 17.7 Å². The van der Waals surface area contributed by atoms with E-state index in [1.807, 2.05) is 84.9 Å². The number of carbonyl (C=O) groups excluding carboxylic acids is 1. The Labute approximate surface area is 228 Å². The number of carbonyl (C=O) groups is 1. The first kappa shape index (κ1) is 26.0. The largest absolute Gasteiger partial charge is 0.497 e. The van der Waals surface area contributed by atoms with Crippen molar-refractivity contribution in [3.8, 4) is 27.4 Å². The maximum absolute atomic E-state index is 12.6. The highest BCUT2D eigenvalue weighted by molar-refractivity contribution is 7.19. The molecule has 0 aliphatic carbocycles. The Bertz CT molecular complexity index is 1320. The molecule has 9 heteroatoms.